The van der Waals surface area contributed by atoms with E-state index in [9.17, 15) is 10.1 Å². The summed E-state index contributed by atoms with van der Waals surface area (Å²) in [5.41, 5.74) is 2.59. The number of nitrogens with one attached hydrogen (secondary N) is 1. The molecule has 0 aliphatic heterocycles. The maximum absolute atomic E-state index is 12.6. The van der Waals surface area contributed by atoms with Crippen molar-refractivity contribution in [2.24, 2.45) is 0 Å². The van der Waals surface area contributed by atoms with Crippen molar-refractivity contribution in [1.82, 2.24) is 0 Å². The van der Waals surface area contributed by atoms with E-state index in [1.54, 1.807) is 36.4 Å². The Balaban J connectivity index is 2.42. The fourth-order valence-corrected chi connectivity index (χ4v) is 2.97. The number of rotatable bonds is 9. The van der Waals surface area contributed by atoms with E-state index in [1.807, 2.05) is 26.0 Å². The summed E-state index contributed by atoms with van der Waals surface area (Å²) in [5.74, 6) is 0.305. The summed E-state index contributed by atoms with van der Waals surface area (Å²) in [6, 6.07) is 12.4. The minimum Gasteiger partial charge on any atom is -0.490 e. The maximum atomic E-state index is 12.6. The molecule has 0 spiro atoms. The van der Waals surface area contributed by atoms with Gasteiger partial charge in [0.1, 0.15) is 17.7 Å². The third-order valence-electron chi connectivity index (χ3n) is 4.21. The fourth-order valence-electron chi connectivity index (χ4n) is 2.79. The number of aryl methyl sites for hydroxylation is 1. The third-order valence-corrected chi connectivity index (χ3v) is 4.61. The molecule has 1 N–H and O–H groups in total. The molecule has 0 fully saturated rings. The number of nitriles is 2. The van der Waals surface area contributed by atoms with Crippen molar-refractivity contribution in [1.29, 1.82) is 10.5 Å². The van der Waals surface area contributed by atoms with E-state index in [0.717, 1.165) is 11.1 Å². The Morgan fingerprint density at radius 2 is 2.03 bits per heavy atom. The summed E-state index contributed by atoms with van der Waals surface area (Å²) in [6.45, 7) is 7.67. The average molecular weight is 436 g/mol. The minimum absolute atomic E-state index is 0.0885. The largest absolute Gasteiger partial charge is 0.490 e. The monoisotopic (exact) mass is 435 g/mol. The molecule has 158 valence electrons. The number of carbonyl (C=O) groups excluding carboxylic acids is 1. The van der Waals surface area contributed by atoms with E-state index < -0.39 is 5.91 Å². The number of hydrogen-bond donors (Lipinski definition) is 1. The van der Waals surface area contributed by atoms with E-state index >= 15 is 0 Å². The maximum Gasteiger partial charge on any atom is 0.266 e. The van der Waals surface area contributed by atoms with Gasteiger partial charge in [0.2, 0.25) is 0 Å². The van der Waals surface area contributed by atoms with Crippen LogP contribution >= 0.6 is 11.6 Å². The molecule has 0 saturated carbocycles. The molecule has 0 heterocycles. The highest BCUT2D eigenvalue weighted by Crippen LogP contribution is 2.34. The van der Waals surface area contributed by atoms with Crippen LogP contribution in [0.5, 0.6) is 11.5 Å². The molecule has 0 atom stereocenters. The van der Waals surface area contributed by atoms with Crippen LogP contribution in [0, 0.1) is 29.6 Å². The van der Waals surface area contributed by atoms with E-state index in [2.05, 4.69) is 11.9 Å². The molecule has 31 heavy (non-hydrogen) atoms. The van der Waals surface area contributed by atoms with Gasteiger partial charge in [0.05, 0.1) is 6.61 Å². The quantitative estimate of drug-likeness (QED) is 0.331. The predicted octanol–water partition coefficient (Wildman–Crippen LogP) is 5.22. The summed E-state index contributed by atoms with van der Waals surface area (Å²) in [4.78, 5) is 12.6. The molecule has 0 aliphatic rings. The Hall–Kier alpha value is -3.74. The number of anilines is 1. The van der Waals surface area contributed by atoms with Gasteiger partial charge in [0.25, 0.3) is 5.91 Å². The van der Waals surface area contributed by atoms with Crippen LogP contribution in [0.4, 0.5) is 5.69 Å². The van der Waals surface area contributed by atoms with Gasteiger partial charge in [-0.25, -0.2) is 0 Å². The van der Waals surface area contributed by atoms with Crippen LogP contribution in [0.2, 0.25) is 5.02 Å². The van der Waals surface area contributed by atoms with Gasteiger partial charge in [-0.3, -0.25) is 4.79 Å². The van der Waals surface area contributed by atoms with Crippen LogP contribution in [-0.2, 0) is 11.2 Å². The second kappa shape index (κ2) is 11.4. The smallest absolute Gasteiger partial charge is 0.266 e. The zero-order valence-corrected chi connectivity index (χ0v) is 18.1. The number of amides is 1. The molecule has 0 aromatic heterocycles. The number of benzene rings is 2. The van der Waals surface area contributed by atoms with Gasteiger partial charge in [0.15, 0.2) is 18.1 Å². The van der Waals surface area contributed by atoms with Gasteiger partial charge in [-0.15, -0.1) is 6.58 Å². The molecule has 2 rings (SSSR count). The molecule has 2 aromatic rings. The summed E-state index contributed by atoms with van der Waals surface area (Å²) >= 11 is 6.10. The lowest BCUT2D eigenvalue weighted by Crippen LogP contribution is -2.13. The number of carbonyl (C=O) groups is 1. The number of nitrogens with zero attached hydrogens (tertiary/aromatic N) is 2. The summed E-state index contributed by atoms with van der Waals surface area (Å²) in [6.07, 6.45) is 3.61. The summed E-state index contributed by atoms with van der Waals surface area (Å²) in [5, 5.41) is 21.6. The number of hydrogen-bond acceptors (Lipinski definition) is 5. The molecule has 0 saturated heterocycles. The Labute approximate surface area is 187 Å². The van der Waals surface area contributed by atoms with Crippen LogP contribution < -0.4 is 14.8 Å². The molecular formula is C24H22ClN3O3. The van der Waals surface area contributed by atoms with Crippen LogP contribution in [-0.4, -0.2) is 19.1 Å². The number of halogens is 1. The Morgan fingerprint density at radius 1 is 1.26 bits per heavy atom. The normalized spacial score (nSPS) is 10.5. The van der Waals surface area contributed by atoms with Gasteiger partial charge >= 0.3 is 0 Å². The molecule has 6 nitrogen and oxygen atoms in total. The second-order valence-electron chi connectivity index (χ2n) is 6.47. The topological polar surface area (TPSA) is 95.1 Å². The van der Waals surface area contributed by atoms with Crippen molar-refractivity contribution in [3.05, 3.63) is 70.3 Å². The van der Waals surface area contributed by atoms with Crippen LogP contribution in [0.15, 0.2) is 48.6 Å². The Morgan fingerprint density at radius 3 is 2.65 bits per heavy atom. The van der Waals surface area contributed by atoms with Gasteiger partial charge in [0, 0.05) is 16.3 Å². The third kappa shape index (κ3) is 6.37. The number of ether oxygens (including phenoxy) is 2. The fraction of sp³-hybridized carbons (Fsp3) is 0.208. The zero-order valence-electron chi connectivity index (χ0n) is 17.4. The van der Waals surface area contributed by atoms with Gasteiger partial charge in [-0.1, -0.05) is 23.7 Å². The van der Waals surface area contributed by atoms with Crippen molar-refractivity contribution >= 4 is 29.3 Å². The lowest BCUT2D eigenvalue weighted by Gasteiger charge is -2.15. The highest BCUT2D eigenvalue weighted by molar-refractivity contribution is 6.31. The first-order valence-corrected chi connectivity index (χ1v) is 9.90. The molecule has 0 bridgehead atoms. The van der Waals surface area contributed by atoms with E-state index in [0.29, 0.717) is 40.8 Å². The van der Waals surface area contributed by atoms with Gasteiger partial charge in [-0.2, -0.15) is 10.5 Å². The van der Waals surface area contributed by atoms with Crippen LogP contribution in [0.25, 0.3) is 6.08 Å². The van der Waals surface area contributed by atoms with E-state index in [-0.39, 0.29) is 12.2 Å². The zero-order chi connectivity index (χ0) is 22.8. The van der Waals surface area contributed by atoms with Crippen molar-refractivity contribution < 1.29 is 14.3 Å². The van der Waals surface area contributed by atoms with Crippen LogP contribution in [0.3, 0.4) is 0 Å². The first-order valence-electron chi connectivity index (χ1n) is 9.53. The van der Waals surface area contributed by atoms with Gasteiger partial charge < -0.3 is 14.8 Å². The predicted molar refractivity (Wildman–Crippen MR) is 121 cm³/mol. The number of allylic oxidation sites excluding steroid dienone is 1. The Bertz CT molecular complexity index is 1090. The second-order valence-corrected chi connectivity index (χ2v) is 6.87. The minimum atomic E-state index is -0.560. The lowest BCUT2D eigenvalue weighted by atomic mass is 10.0. The standard InChI is InChI=1S/C24H22ClN3O3/c1-4-6-18-11-17(13-22(30-5-2)23(18)31-10-9-26)12-19(15-27)24(29)28-20-8-7-16(3)21(25)14-20/h4,7-8,11-14H,1,5-6,10H2,2-3H3,(H,28,29)/b19-12-. The SMILES string of the molecule is C=CCc1cc(/C=C(/C#N)C(=O)Nc2ccc(C)c(Cl)c2)cc(OCC)c1OCC#N. The average Bonchev–Trinajstić information content (AvgIpc) is 2.74. The Kier molecular flexibility index (Phi) is 8.69. The molecule has 2 aromatic carbocycles. The highest BCUT2D eigenvalue weighted by atomic mass is 35.5. The van der Waals surface area contributed by atoms with Gasteiger partial charge in [-0.05, 0) is 61.7 Å². The molecule has 0 aliphatic carbocycles. The molecule has 0 unspecified atom stereocenters. The lowest BCUT2D eigenvalue weighted by molar-refractivity contribution is -0.112. The summed E-state index contributed by atoms with van der Waals surface area (Å²) < 4.78 is 11.2. The first kappa shape index (κ1) is 23.5. The van der Waals surface area contributed by atoms with E-state index in [4.69, 9.17) is 26.3 Å². The molecule has 0 radical (unpaired) electrons. The molecule has 7 heteroatoms. The highest BCUT2D eigenvalue weighted by Gasteiger charge is 2.15. The van der Waals surface area contributed by atoms with Crippen molar-refractivity contribution in [3.8, 4) is 23.6 Å². The molecular weight excluding hydrogens is 414 g/mol. The van der Waals surface area contributed by atoms with Crippen molar-refractivity contribution in [2.75, 3.05) is 18.5 Å². The van der Waals surface area contributed by atoms with Crippen LogP contribution in [0.1, 0.15) is 23.6 Å². The van der Waals surface area contributed by atoms with Crippen molar-refractivity contribution in [3.63, 3.8) is 0 Å². The first-order chi connectivity index (χ1) is 14.9. The summed E-state index contributed by atoms with van der Waals surface area (Å²) in [7, 11) is 0. The van der Waals surface area contributed by atoms with Crippen molar-refractivity contribution in [2.45, 2.75) is 20.3 Å². The molecule has 1 amide bonds. The van der Waals surface area contributed by atoms with E-state index in [1.165, 1.54) is 6.08 Å².